The lowest BCUT2D eigenvalue weighted by atomic mass is 10.4. The minimum Gasteiger partial charge on any atom is -0.540 e. The topological polar surface area (TPSA) is 106 Å². The molecule has 0 aromatic carbocycles. The summed E-state index contributed by atoms with van der Waals surface area (Å²) in [5.74, 6) is 2.33. The van der Waals surface area contributed by atoms with Crippen molar-refractivity contribution in [2.24, 2.45) is 5.84 Å². The van der Waals surface area contributed by atoms with Crippen LogP contribution in [0.25, 0.3) is 0 Å². The van der Waals surface area contributed by atoms with E-state index in [1.54, 1.807) is 0 Å². The van der Waals surface area contributed by atoms with Crippen LogP contribution in [0.5, 0.6) is 0 Å². The van der Waals surface area contributed by atoms with E-state index >= 15 is 0 Å². The number of carboxylic acids is 2. The zero-order valence-electron chi connectivity index (χ0n) is 5.90. The van der Waals surface area contributed by atoms with E-state index in [0.717, 1.165) is 6.92 Å². The standard InChI is InChI=1S/C5H8N2O4/c1-3(5(10)11)7(6)2-4(8)9/h2,6H2,1H3,(H-,8,9,10,11). The average molecular weight is 160 g/mol. The highest BCUT2D eigenvalue weighted by atomic mass is 16.4. The Morgan fingerprint density at radius 2 is 2.09 bits per heavy atom. The number of nitrogens with two attached hydrogens (primary N) is 1. The highest BCUT2D eigenvalue weighted by Crippen LogP contribution is 1.72. The van der Waals surface area contributed by atoms with Crippen molar-refractivity contribution in [2.75, 3.05) is 6.54 Å². The van der Waals surface area contributed by atoms with E-state index in [1.807, 2.05) is 0 Å². The molecule has 0 aliphatic carbocycles. The van der Waals surface area contributed by atoms with Crippen molar-refractivity contribution in [3.8, 4) is 0 Å². The van der Waals surface area contributed by atoms with Crippen LogP contribution in [0, 0.1) is 0 Å². The van der Waals surface area contributed by atoms with Gasteiger partial charge in [-0.25, -0.2) is 10.6 Å². The van der Waals surface area contributed by atoms with E-state index in [1.165, 1.54) is 0 Å². The molecule has 0 spiro atoms. The van der Waals surface area contributed by atoms with Gasteiger partial charge >= 0.3 is 5.97 Å². The molecule has 0 aliphatic heterocycles. The van der Waals surface area contributed by atoms with Gasteiger partial charge in [-0.1, -0.05) is 0 Å². The van der Waals surface area contributed by atoms with Crippen LogP contribution in [0.1, 0.15) is 6.92 Å². The molecular weight excluding hydrogens is 152 g/mol. The second kappa shape index (κ2) is 3.55. The van der Waals surface area contributed by atoms with E-state index in [2.05, 4.69) is 0 Å². The van der Waals surface area contributed by atoms with Crippen LogP contribution in [0.4, 0.5) is 0 Å². The van der Waals surface area contributed by atoms with Crippen LogP contribution in [0.15, 0.2) is 0 Å². The molecule has 6 heteroatoms. The van der Waals surface area contributed by atoms with E-state index in [4.69, 9.17) is 10.9 Å². The molecule has 0 aromatic rings. The fourth-order valence-electron chi connectivity index (χ4n) is 0.382. The maximum Gasteiger partial charge on any atom is 0.372 e. The zero-order chi connectivity index (χ0) is 9.02. The monoisotopic (exact) mass is 160 g/mol. The van der Waals surface area contributed by atoms with Gasteiger partial charge in [0.25, 0.3) is 6.54 Å². The van der Waals surface area contributed by atoms with Crippen molar-refractivity contribution in [1.82, 2.24) is 0 Å². The summed E-state index contributed by atoms with van der Waals surface area (Å²) in [6, 6.07) is 0. The molecule has 0 radical (unpaired) electrons. The minimum absolute atomic E-state index is 0.313. The van der Waals surface area contributed by atoms with Gasteiger partial charge in [0.1, 0.15) is 5.97 Å². The van der Waals surface area contributed by atoms with Crippen molar-refractivity contribution in [1.29, 1.82) is 0 Å². The third-order valence-electron chi connectivity index (χ3n) is 1.03. The highest BCUT2D eigenvalue weighted by molar-refractivity contribution is 6.31. The minimum atomic E-state index is -1.48. The molecule has 0 saturated heterocycles. The lowest BCUT2D eigenvalue weighted by Gasteiger charge is -1.98. The van der Waals surface area contributed by atoms with Gasteiger partial charge in [-0.15, -0.1) is 4.68 Å². The number of carboxylic acid groups (broad SMARTS) is 2. The van der Waals surface area contributed by atoms with Gasteiger partial charge in [0.15, 0.2) is 0 Å². The first kappa shape index (κ1) is 9.41. The number of aliphatic carboxylic acids is 2. The molecule has 0 aromatic heterocycles. The largest absolute Gasteiger partial charge is 0.540 e. The quantitative estimate of drug-likeness (QED) is 0.200. The van der Waals surface area contributed by atoms with Crippen molar-refractivity contribution in [2.45, 2.75) is 6.92 Å². The first-order chi connectivity index (χ1) is 4.95. The first-order valence-corrected chi connectivity index (χ1v) is 2.74. The van der Waals surface area contributed by atoms with Gasteiger partial charge in [0.2, 0.25) is 5.71 Å². The number of rotatable bonds is 3. The zero-order valence-corrected chi connectivity index (χ0v) is 5.90. The number of hydrazine groups is 1. The maximum atomic E-state index is 10.1. The van der Waals surface area contributed by atoms with Gasteiger partial charge in [0, 0.05) is 6.92 Å². The molecule has 0 unspecified atom stereocenters. The summed E-state index contributed by atoms with van der Waals surface area (Å²) in [6.45, 7) is 0.609. The third kappa shape index (κ3) is 3.19. The van der Waals surface area contributed by atoms with Crippen molar-refractivity contribution >= 4 is 17.7 Å². The van der Waals surface area contributed by atoms with Crippen LogP contribution in [0.2, 0.25) is 0 Å². The van der Waals surface area contributed by atoms with Crippen LogP contribution < -0.4 is 10.9 Å². The maximum absolute atomic E-state index is 10.1. The Balaban J connectivity index is 4.40. The Kier molecular flexibility index (Phi) is 3.03. The molecule has 0 aliphatic rings. The highest BCUT2D eigenvalue weighted by Gasteiger charge is 2.11. The number of carbonyl (C=O) groups excluding carboxylic acids is 1. The first-order valence-electron chi connectivity index (χ1n) is 2.74. The summed E-state index contributed by atoms with van der Waals surface area (Å²) >= 11 is 0. The van der Waals surface area contributed by atoms with Gasteiger partial charge < -0.3 is 15.0 Å². The summed E-state index contributed by atoms with van der Waals surface area (Å²) in [4.78, 5) is 20.0. The lowest BCUT2D eigenvalue weighted by molar-refractivity contribution is -0.531. The van der Waals surface area contributed by atoms with Crippen LogP contribution in [-0.2, 0) is 9.59 Å². The number of hydrogen-bond donors (Lipinski definition) is 2. The SMILES string of the molecule is CC(C(=O)[O-])=[N+](N)CC(=O)O. The Morgan fingerprint density at radius 3 is 2.36 bits per heavy atom. The Labute approximate surface area is 62.5 Å². The predicted octanol–water partition coefficient (Wildman–Crippen LogP) is -2.83. The average Bonchev–Trinajstić information content (AvgIpc) is 1.84. The molecule has 0 saturated carbocycles. The summed E-state index contributed by atoms with van der Waals surface area (Å²) in [5.41, 5.74) is -0.313. The van der Waals surface area contributed by atoms with Crippen LogP contribution >= 0.6 is 0 Å². The molecule has 0 amide bonds. The smallest absolute Gasteiger partial charge is 0.372 e. The Bertz CT molecular complexity index is 221. The van der Waals surface area contributed by atoms with Crippen LogP contribution in [-0.4, -0.2) is 34.0 Å². The van der Waals surface area contributed by atoms with E-state index in [-0.39, 0.29) is 5.71 Å². The van der Waals surface area contributed by atoms with Crippen LogP contribution in [0.3, 0.4) is 0 Å². The molecule has 0 fully saturated rings. The normalized spacial score (nSPS) is 12.1. The van der Waals surface area contributed by atoms with Crippen molar-refractivity contribution in [3.05, 3.63) is 0 Å². The predicted molar refractivity (Wildman–Crippen MR) is 32.6 cm³/mol. The summed E-state index contributed by atoms with van der Waals surface area (Å²) in [6.07, 6.45) is 0. The van der Waals surface area contributed by atoms with Crippen molar-refractivity contribution in [3.63, 3.8) is 0 Å². The fraction of sp³-hybridized carbons (Fsp3) is 0.400. The number of hydrogen-bond acceptors (Lipinski definition) is 4. The molecule has 3 N–H and O–H groups in total. The molecule has 0 heterocycles. The van der Waals surface area contributed by atoms with E-state index < -0.39 is 18.5 Å². The van der Waals surface area contributed by atoms with Gasteiger partial charge in [-0.2, -0.15) is 0 Å². The molecule has 0 rings (SSSR count). The van der Waals surface area contributed by atoms with Gasteiger partial charge in [0.05, 0.1) is 0 Å². The lowest BCUT2D eigenvalue weighted by Crippen LogP contribution is -2.41. The molecule has 62 valence electrons. The number of hydrazone groups is 1. The van der Waals surface area contributed by atoms with E-state index in [9.17, 15) is 14.7 Å². The Morgan fingerprint density at radius 1 is 1.64 bits per heavy atom. The molecule has 0 atom stereocenters. The van der Waals surface area contributed by atoms with Crippen molar-refractivity contribution < 1.29 is 24.5 Å². The second-order valence-electron chi connectivity index (χ2n) is 1.89. The fourth-order valence-corrected chi connectivity index (χ4v) is 0.382. The molecule has 6 nitrogen and oxygen atoms in total. The second-order valence-corrected chi connectivity index (χ2v) is 1.89. The molecular formula is C5H8N2O4. The molecule has 11 heavy (non-hydrogen) atoms. The summed E-state index contributed by atoms with van der Waals surface area (Å²) < 4.78 is 0.595. The summed E-state index contributed by atoms with van der Waals surface area (Å²) in [7, 11) is 0. The Hall–Kier alpha value is -1.59. The van der Waals surface area contributed by atoms with E-state index in [0.29, 0.717) is 4.68 Å². The summed E-state index contributed by atoms with van der Waals surface area (Å²) in [5, 5.41) is 18.2. The number of carbonyl (C=O) groups is 2. The third-order valence-corrected chi connectivity index (χ3v) is 1.03. The number of nitrogens with zero attached hydrogens (tertiary/aromatic N) is 1. The van der Waals surface area contributed by atoms with Gasteiger partial charge in [-0.3, -0.25) is 0 Å². The van der Waals surface area contributed by atoms with Gasteiger partial charge in [-0.05, 0) is 0 Å². The molecule has 0 bridgehead atoms.